The van der Waals surface area contributed by atoms with Crippen LogP contribution in [0, 0.1) is 0 Å². The zero-order valence-corrected chi connectivity index (χ0v) is 10.3. The maximum Gasteiger partial charge on any atom is 0.318 e. The zero-order valence-electron chi connectivity index (χ0n) is 8.75. The Hall–Kier alpha value is -1.55. The van der Waals surface area contributed by atoms with Crippen molar-refractivity contribution >= 4 is 38.4 Å². The van der Waals surface area contributed by atoms with E-state index in [0.29, 0.717) is 0 Å². The van der Waals surface area contributed by atoms with E-state index in [9.17, 15) is 4.79 Å². The molecule has 0 unspecified atom stereocenters. The number of fused-ring (bicyclic) bond motifs is 1. The molecule has 0 atom stereocenters. The first-order valence-electron chi connectivity index (χ1n) is 4.88. The van der Waals surface area contributed by atoms with Crippen molar-refractivity contribution in [1.29, 1.82) is 0 Å². The maximum absolute atomic E-state index is 11.3. The van der Waals surface area contributed by atoms with E-state index in [0.717, 1.165) is 20.9 Å². The van der Waals surface area contributed by atoms with Gasteiger partial charge in [-0.15, -0.1) is 0 Å². The summed E-state index contributed by atoms with van der Waals surface area (Å²) in [6, 6.07) is 11.5. The van der Waals surface area contributed by atoms with Gasteiger partial charge in [0.15, 0.2) is 0 Å². The van der Waals surface area contributed by atoms with Gasteiger partial charge in [-0.3, -0.25) is 0 Å². The van der Waals surface area contributed by atoms with E-state index >= 15 is 0 Å². The number of benzene rings is 2. The summed E-state index contributed by atoms with van der Waals surface area (Å²) in [6.07, 6.45) is 0. The Labute approximate surface area is 102 Å². The molecule has 4 heteroatoms. The van der Waals surface area contributed by atoms with E-state index in [1.807, 2.05) is 36.4 Å². The molecule has 0 aliphatic carbocycles. The van der Waals surface area contributed by atoms with Gasteiger partial charge < -0.3 is 10.6 Å². The average molecular weight is 279 g/mol. The third-order valence-electron chi connectivity index (χ3n) is 2.35. The number of nitrogens with one attached hydrogen (secondary N) is 2. The van der Waals surface area contributed by atoms with Crippen LogP contribution in [0.5, 0.6) is 0 Å². The van der Waals surface area contributed by atoms with Crippen molar-refractivity contribution in [2.45, 2.75) is 0 Å². The summed E-state index contributed by atoms with van der Waals surface area (Å²) in [6.45, 7) is 0. The molecule has 2 rings (SSSR count). The van der Waals surface area contributed by atoms with Gasteiger partial charge in [0.05, 0.1) is 5.69 Å². The molecule has 2 amide bonds. The van der Waals surface area contributed by atoms with Crippen molar-refractivity contribution in [2.24, 2.45) is 0 Å². The summed E-state index contributed by atoms with van der Waals surface area (Å²) < 4.78 is 1.02. The number of anilines is 1. The number of halogens is 1. The summed E-state index contributed by atoms with van der Waals surface area (Å²) in [5, 5.41) is 7.42. The summed E-state index contributed by atoms with van der Waals surface area (Å²) in [4.78, 5) is 11.3. The van der Waals surface area contributed by atoms with Crippen molar-refractivity contribution in [1.82, 2.24) is 5.32 Å². The summed E-state index contributed by atoms with van der Waals surface area (Å²) in [5.74, 6) is 0. The molecule has 0 bridgehead atoms. The smallest absolute Gasteiger partial charge is 0.318 e. The number of rotatable bonds is 1. The SMILES string of the molecule is CNC(=O)Nc1ccc(Br)c2ccccc12. The highest BCUT2D eigenvalue weighted by molar-refractivity contribution is 9.10. The second kappa shape index (κ2) is 4.53. The predicted molar refractivity (Wildman–Crippen MR) is 69.7 cm³/mol. The first-order chi connectivity index (χ1) is 7.72. The standard InChI is InChI=1S/C12H11BrN2O/c1-14-12(16)15-11-7-6-10(13)8-4-2-3-5-9(8)11/h2-7H,1H3,(H2,14,15,16). The summed E-state index contributed by atoms with van der Waals surface area (Å²) >= 11 is 3.49. The molecule has 0 aliphatic heterocycles. The monoisotopic (exact) mass is 278 g/mol. The third kappa shape index (κ3) is 2.02. The Morgan fingerprint density at radius 3 is 2.50 bits per heavy atom. The van der Waals surface area contributed by atoms with Gasteiger partial charge in [-0.2, -0.15) is 0 Å². The van der Waals surface area contributed by atoms with E-state index in [-0.39, 0.29) is 6.03 Å². The fourth-order valence-corrected chi connectivity index (χ4v) is 2.03. The predicted octanol–water partition coefficient (Wildman–Crippen LogP) is 3.35. The number of carbonyl (C=O) groups excluding carboxylic acids is 1. The quantitative estimate of drug-likeness (QED) is 0.825. The Bertz CT molecular complexity index is 540. The molecule has 2 aromatic rings. The van der Waals surface area contributed by atoms with E-state index in [1.54, 1.807) is 7.05 Å². The Morgan fingerprint density at radius 2 is 1.81 bits per heavy atom. The molecule has 2 N–H and O–H groups in total. The van der Waals surface area contributed by atoms with Crippen molar-refractivity contribution in [3.05, 3.63) is 40.9 Å². The van der Waals surface area contributed by atoms with Crippen LogP contribution in [0.2, 0.25) is 0 Å². The van der Waals surface area contributed by atoms with Crippen LogP contribution in [0.15, 0.2) is 40.9 Å². The van der Waals surface area contributed by atoms with Crippen molar-refractivity contribution in [3.63, 3.8) is 0 Å². The molecule has 0 heterocycles. The van der Waals surface area contributed by atoms with Crippen LogP contribution < -0.4 is 10.6 Å². The molecule has 0 aromatic heterocycles. The highest BCUT2D eigenvalue weighted by Crippen LogP contribution is 2.29. The van der Waals surface area contributed by atoms with Crippen LogP contribution in [0.3, 0.4) is 0 Å². The molecule has 0 saturated carbocycles. The molecule has 0 radical (unpaired) electrons. The minimum absolute atomic E-state index is 0.215. The maximum atomic E-state index is 11.3. The topological polar surface area (TPSA) is 41.1 Å². The van der Waals surface area contributed by atoms with E-state index in [1.165, 1.54) is 0 Å². The molecular weight excluding hydrogens is 268 g/mol. The summed E-state index contributed by atoms with van der Waals surface area (Å²) in [5.41, 5.74) is 0.804. The van der Waals surface area contributed by atoms with Crippen LogP contribution in [0.1, 0.15) is 0 Å². The minimum Gasteiger partial charge on any atom is -0.341 e. The van der Waals surface area contributed by atoms with Crippen molar-refractivity contribution in [3.8, 4) is 0 Å². The van der Waals surface area contributed by atoms with Gasteiger partial charge in [-0.05, 0) is 17.5 Å². The fourth-order valence-electron chi connectivity index (χ4n) is 1.56. The first-order valence-corrected chi connectivity index (χ1v) is 5.67. The van der Waals surface area contributed by atoms with Gasteiger partial charge >= 0.3 is 6.03 Å². The van der Waals surface area contributed by atoms with Crippen molar-refractivity contribution < 1.29 is 4.79 Å². The molecule has 16 heavy (non-hydrogen) atoms. The Morgan fingerprint density at radius 1 is 1.12 bits per heavy atom. The number of amides is 2. The van der Waals surface area contributed by atoms with Gasteiger partial charge in [0.1, 0.15) is 0 Å². The highest BCUT2D eigenvalue weighted by Gasteiger charge is 2.05. The van der Waals surface area contributed by atoms with Crippen LogP contribution in [0.4, 0.5) is 10.5 Å². The van der Waals surface area contributed by atoms with Gasteiger partial charge in [0, 0.05) is 16.9 Å². The molecule has 82 valence electrons. The van der Waals surface area contributed by atoms with E-state index in [2.05, 4.69) is 26.6 Å². The average Bonchev–Trinajstić information content (AvgIpc) is 2.33. The molecule has 3 nitrogen and oxygen atoms in total. The van der Waals surface area contributed by atoms with Crippen LogP contribution in [0.25, 0.3) is 10.8 Å². The van der Waals surface area contributed by atoms with Gasteiger partial charge in [-0.1, -0.05) is 40.2 Å². The first kappa shape index (κ1) is 11.0. The third-order valence-corrected chi connectivity index (χ3v) is 3.04. The zero-order chi connectivity index (χ0) is 11.5. The number of hydrogen-bond donors (Lipinski definition) is 2. The van der Waals surface area contributed by atoms with Gasteiger partial charge in [-0.25, -0.2) is 4.79 Å². The highest BCUT2D eigenvalue weighted by atomic mass is 79.9. The molecule has 0 aliphatic rings. The molecule has 2 aromatic carbocycles. The fraction of sp³-hybridized carbons (Fsp3) is 0.0833. The van der Waals surface area contributed by atoms with Gasteiger partial charge in [0.2, 0.25) is 0 Å². The number of carbonyl (C=O) groups is 1. The van der Waals surface area contributed by atoms with Gasteiger partial charge in [0.25, 0.3) is 0 Å². The Kier molecular flexibility index (Phi) is 3.10. The second-order valence-electron chi connectivity index (χ2n) is 3.34. The molecule has 0 spiro atoms. The number of urea groups is 1. The normalized spacial score (nSPS) is 10.1. The number of hydrogen-bond acceptors (Lipinski definition) is 1. The minimum atomic E-state index is -0.215. The second-order valence-corrected chi connectivity index (χ2v) is 4.20. The molecular formula is C12H11BrN2O. The lowest BCUT2D eigenvalue weighted by atomic mass is 10.1. The van der Waals surface area contributed by atoms with Crippen LogP contribution in [-0.4, -0.2) is 13.1 Å². The largest absolute Gasteiger partial charge is 0.341 e. The summed E-state index contributed by atoms with van der Waals surface area (Å²) in [7, 11) is 1.59. The Balaban J connectivity index is 2.54. The molecule has 0 saturated heterocycles. The van der Waals surface area contributed by atoms with Crippen LogP contribution in [-0.2, 0) is 0 Å². The van der Waals surface area contributed by atoms with E-state index < -0.39 is 0 Å². The van der Waals surface area contributed by atoms with E-state index in [4.69, 9.17) is 0 Å². The van der Waals surface area contributed by atoms with Crippen molar-refractivity contribution in [2.75, 3.05) is 12.4 Å². The lowest BCUT2D eigenvalue weighted by Gasteiger charge is -2.09. The lowest BCUT2D eigenvalue weighted by molar-refractivity contribution is 0.254. The molecule has 0 fully saturated rings. The van der Waals surface area contributed by atoms with Crippen LogP contribution >= 0.6 is 15.9 Å². The lowest BCUT2D eigenvalue weighted by Crippen LogP contribution is -2.24.